The van der Waals surface area contributed by atoms with Crippen LogP contribution in [0.2, 0.25) is 0 Å². The van der Waals surface area contributed by atoms with Crippen molar-refractivity contribution in [2.45, 2.75) is 26.2 Å². The lowest BCUT2D eigenvalue weighted by atomic mass is 9.76. The van der Waals surface area contributed by atoms with Crippen molar-refractivity contribution in [2.24, 2.45) is 5.41 Å². The van der Waals surface area contributed by atoms with Crippen molar-refractivity contribution in [2.75, 3.05) is 19.7 Å². The summed E-state index contributed by atoms with van der Waals surface area (Å²) in [5.74, 6) is 0. The zero-order valence-corrected chi connectivity index (χ0v) is 9.94. The van der Waals surface area contributed by atoms with Gasteiger partial charge in [-0.2, -0.15) is 0 Å². The van der Waals surface area contributed by atoms with Crippen molar-refractivity contribution in [1.29, 1.82) is 0 Å². The minimum Gasteiger partial charge on any atom is -0.396 e. The van der Waals surface area contributed by atoms with E-state index < -0.39 is 0 Å². The maximum atomic E-state index is 9.56. The Bertz CT molecular complexity index is 318. The van der Waals surface area contributed by atoms with E-state index in [2.05, 4.69) is 15.7 Å². The number of nitrogens with zero attached hydrogens (tertiary/aromatic N) is 1. The maximum Gasteiger partial charge on any atom is 0.0897 e. The fourth-order valence-corrected chi connectivity index (χ4v) is 2.83. The van der Waals surface area contributed by atoms with Gasteiger partial charge in [0, 0.05) is 17.4 Å². The number of nitrogens with one attached hydrogen (secondary N) is 1. The molecule has 0 bridgehead atoms. The van der Waals surface area contributed by atoms with E-state index in [1.54, 1.807) is 11.3 Å². The predicted molar refractivity (Wildman–Crippen MR) is 62.2 cm³/mol. The predicted octanol–water partition coefficient (Wildman–Crippen LogP) is 1.36. The van der Waals surface area contributed by atoms with Crippen molar-refractivity contribution in [1.82, 2.24) is 10.3 Å². The molecule has 1 aliphatic heterocycles. The van der Waals surface area contributed by atoms with Crippen LogP contribution in [0.5, 0.6) is 0 Å². The smallest absolute Gasteiger partial charge is 0.0897 e. The molecule has 1 aliphatic rings. The van der Waals surface area contributed by atoms with Crippen LogP contribution >= 0.6 is 11.3 Å². The second-order valence-electron chi connectivity index (χ2n) is 4.44. The first-order chi connectivity index (χ1) is 7.24. The number of aliphatic hydroxyl groups excluding tert-OH is 1. The first-order valence-electron chi connectivity index (χ1n) is 5.47. The Morgan fingerprint density at radius 3 is 2.80 bits per heavy atom. The van der Waals surface area contributed by atoms with Crippen LogP contribution in [0.3, 0.4) is 0 Å². The Balaban J connectivity index is 2.06. The van der Waals surface area contributed by atoms with Gasteiger partial charge in [0.15, 0.2) is 0 Å². The highest BCUT2D eigenvalue weighted by Crippen LogP contribution is 2.32. The molecule has 1 fully saturated rings. The van der Waals surface area contributed by atoms with Gasteiger partial charge in [0.25, 0.3) is 0 Å². The number of aryl methyl sites for hydroxylation is 1. The average molecular weight is 226 g/mol. The zero-order valence-electron chi connectivity index (χ0n) is 9.12. The second kappa shape index (κ2) is 4.60. The summed E-state index contributed by atoms with van der Waals surface area (Å²) in [6.45, 7) is 4.35. The van der Waals surface area contributed by atoms with Crippen molar-refractivity contribution < 1.29 is 5.11 Å². The van der Waals surface area contributed by atoms with Gasteiger partial charge in [-0.3, -0.25) is 0 Å². The summed E-state index contributed by atoms with van der Waals surface area (Å²) in [6, 6.07) is 0. The number of thiazole rings is 1. The van der Waals surface area contributed by atoms with E-state index in [1.165, 1.54) is 0 Å². The van der Waals surface area contributed by atoms with Crippen molar-refractivity contribution in [3.05, 3.63) is 16.1 Å². The fraction of sp³-hybridized carbons (Fsp3) is 0.727. The molecular formula is C11H18N2OS. The fourth-order valence-electron chi connectivity index (χ4n) is 2.22. The zero-order chi connectivity index (χ0) is 10.7. The highest BCUT2D eigenvalue weighted by atomic mass is 32.1. The molecule has 0 unspecified atom stereocenters. The summed E-state index contributed by atoms with van der Waals surface area (Å²) >= 11 is 1.69. The van der Waals surface area contributed by atoms with Gasteiger partial charge in [0.1, 0.15) is 0 Å². The summed E-state index contributed by atoms with van der Waals surface area (Å²) in [6.07, 6.45) is 3.04. The van der Waals surface area contributed by atoms with Crippen LogP contribution in [-0.2, 0) is 6.42 Å². The highest BCUT2D eigenvalue weighted by molar-refractivity contribution is 7.09. The molecule has 0 atom stereocenters. The number of rotatable bonds is 3. The number of hydrogen-bond acceptors (Lipinski definition) is 4. The van der Waals surface area contributed by atoms with Crippen LogP contribution < -0.4 is 5.32 Å². The van der Waals surface area contributed by atoms with Gasteiger partial charge in [-0.15, -0.1) is 11.3 Å². The molecule has 1 aromatic heterocycles. The average Bonchev–Trinajstić information content (AvgIpc) is 2.65. The Kier molecular flexibility index (Phi) is 3.38. The van der Waals surface area contributed by atoms with E-state index in [4.69, 9.17) is 0 Å². The van der Waals surface area contributed by atoms with Crippen LogP contribution in [-0.4, -0.2) is 29.8 Å². The number of aliphatic hydroxyl groups is 1. The standard InChI is InChI=1S/C11H18N2OS/c1-9-13-10(7-15-9)6-11(8-14)2-4-12-5-3-11/h7,12,14H,2-6,8H2,1H3. The summed E-state index contributed by atoms with van der Waals surface area (Å²) in [4.78, 5) is 4.48. The van der Waals surface area contributed by atoms with E-state index in [1.807, 2.05) is 6.92 Å². The lowest BCUT2D eigenvalue weighted by Crippen LogP contribution is -2.40. The molecule has 0 radical (unpaired) electrons. The third-order valence-electron chi connectivity index (χ3n) is 3.22. The Hall–Kier alpha value is -0.450. The summed E-state index contributed by atoms with van der Waals surface area (Å²) in [5, 5.41) is 16.1. The summed E-state index contributed by atoms with van der Waals surface area (Å²) in [5.41, 5.74) is 1.22. The quantitative estimate of drug-likeness (QED) is 0.818. The Morgan fingerprint density at radius 2 is 2.27 bits per heavy atom. The van der Waals surface area contributed by atoms with Crippen LogP contribution in [0.15, 0.2) is 5.38 Å². The molecule has 0 saturated carbocycles. The van der Waals surface area contributed by atoms with Gasteiger partial charge in [0.2, 0.25) is 0 Å². The molecule has 15 heavy (non-hydrogen) atoms. The summed E-state index contributed by atoms with van der Waals surface area (Å²) in [7, 11) is 0. The molecule has 0 aromatic carbocycles. The van der Waals surface area contributed by atoms with Gasteiger partial charge in [-0.05, 0) is 39.3 Å². The topological polar surface area (TPSA) is 45.2 Å². The summed E-state index contributed by atoms with van der Waals surface area (Å²) < 4.78 is 0. The first-order valence-corrected chi connectivity index (χ1v) is 6.35. The molecule has 0 spiro atoms. The molecular weight excluding hydrogens is 208 g/mol. The van der Waals surface area contributed by atoms with Crippen molar-refractivity contribution in [3.8, 4) is 0 Å². The monoisotopic (exact) mass is 226 g/mol. The van der Waals surface area contributed by atoms with Crippen LogP contribution in [0.1, 0.15) is 23.5 Å². The lowest BCUT2D eigenvalue weighted by molar-refractivity contribution is 0.0884. The Labute approximate surface area is 94.5 Å². The van der Waals surface area contributed by atoms with Gasteiger partial charge in [-0.25, -0.2) is 4.98 Å². The first kappa shape index (κ1) is 11.0. The Morgan fingerprint density at radius 1 is 1.53 bits per heavy atom. The van der Waals surface area contributed by atoms with E-state index in [0.29, 0.717) is 0 Å². The van der Waals surface area contributed by atoms with Crippen LogP contribution in [0, 0.1) is 12.3 Å². The lowest BCUT2D eigenvalue weighted by Gasteiger charge is -2.35. The molecule has 3 nitrogen and oxygen atoms in total. The minimum absolute atomic E-state index is 0.0752. The van der Waals surface area contributed by atoms with E-state index in [9.17, 15) is 5.11 Å². The van der Waals surface area contributed by atoms with Crippen molar-refractivity contribution >= 4 is 11.3 Å². The highest BCUT2D eigenvalue weighted by Gasteiger charge is 2.32. The SMILES string of the molecule is Cc1nc(CC2(CO)CCNCC2)cs1. The normalized spacial score (nSPS) is 20.4. The van der Waals surface area contributed by atoms with Gasteiger partial charge >= 0.3 is 0 Å². The number of piperidine rings is 1. The molecule has 2 heterocycles. The second-order valence-corrected chi connectivity index (χ2v) is 5.50. The molecule has 0 aliphatic carbocycles. The number of aromatic nitrogens is 1. The number of hydrogen-bond donors (Lipinski definition) is 2. The van der Waals surface area contributed by atoms with Crippen LogP contribution in [0.4, 0.5) is 0 Å². The van der Waals surface area contributed by atoms with E-state index in [0.717, 1.165) is 43.1 Å². The molecule has 2 rings (SSSR count). The maximum absolute atomic E-state index is 9.56. The van der Waals surface area contributed by atoms with Crippen molar-refractivity contribution in [3.63, 3.8) is 0 Å². The molecule has 84 valence electrons. The van der Waals surface area contributed by atoms with E-state index >= 15 is 0 Å². The van der Waals surface area contributed by atoms with Gasteiger partial charge in [0.05, 0.1) is 10.7 Å². The molecule has 2 N–H and O–H groups in total. The van der Waals surface area contributed by atoms with Crippen LogP contribution in [0.25, 0.3) is 0 Å². The third kappa shape index (κ3) is 2.56. The molecule has 1 saturated heterocycles. The van der Waals surface area contributed by atoms with Gasteiger partial charge < -0.3 is 10.4 Å². The molecule has 4 heteroatoms. The van der Waals surface area contributed by atoms with Gasteiger partial charge in [-0.1, -0.05) is 0 Å². The molecule has 1 aromatic rings. The van der Waals surface area contributed by atoms with E-state index in [-0.39, 0.29) is 12.0 Å². The minimum atomic E-state index is 0.0752. The largest absolute Gasteiger partial charge is 0.396 e. The molecule has 0 amide bonds. The third-order valence-corrected chi connectivity index (χ3v) is 4.04.